The predicted octanol–water partition coefficient (Wildman–Crippen LogP) is 3.53. The van der Waals surface area contributed by atoms with Crippen molar-refractivity contribution in [1.82, 2.24) is 14.9 Å². The summed E-state index contributed by atoms with van der Waals surface area (Å²) in [5, 5.41) is 4.17. The van der Waals surface area contributed by atoms with Crippen molar-refractivity contribution in [2.24, 2.45) is 0 Å². The van der Waals surface area contributed by atoms with Gasteiger partial charge in [-0.2, -0.15) is 0 Å². The van der Waals surface area contributed by atoms with Crippen molar-refractivity contribution >= 4 is 23.1 Å². The van der Waals surface area contributed by atoms with Gasteiger partial charge in [-0.3, -0.25) is 4.79 Å². The van der Waals surface area contributed by atoms with E-state index in [2.05, 4.69) is 15.3 Å². The number of thiazole rings is 1. The lowest BCUT2D eigenvalue weighted by molar-refractivity contribution is 0.0827. The second kappa shape index (κ2) is 7.97. The minimum absolute atomic E-state index is 0.0621. The van der Waals surface area contributed by atoms with Crippen LogP contribution in [-0.2, 0) is 6.54 Å². The molecule has 0 saturated carbocycles. The summed E-state index contributed by atoms with van der Waals surface area (Å²) in [7, 11) is 5.10. The van der Waals surface area contributed by atoms with Crippen molar-refractivity contribution < 1.29 is 9.53 Å². The number of hydrogen-bond acceptors (Lipinski definition) is 6. The van der Waals surface area contributed by atoms with E-state index in [0.29, 0.717) is 17.9 Å². The first kappa shape index (κ1) is 17.9. The van der Waals surface area contributed by atoms with Gasteiger partial charge in [0.25, 0.3) is 5.91 Å². The van der Waals surface area contributed by atoms with Crippen LogP contribution in [-0.4, -0.2) is 42.0 Å². The van der Waals surface area contributed by atoms with E-state index in [1.54, 1.807) is 50.9 Å². The average molecular weight is 368 g/mol. The zero-order valence-corrected chi connectivity index (χ0v) is 15.7. The van der Waals surface area contributed by atoms with Crippen LogP contribution in [0.25, 0.3) is 10.6 Å². The number of ether oxygens (including phenoxy) is 1. The molecule has 2 heterocycles. The topological polar surface area (TPSA) is 67.3 Å². The SMILES string of the molecule is COc1ccccc1-c1ncc(CNc2ccc(C(=O)N(C)C)cn2)s1. The van der Waals surface area contributed by atoms with Gasteiger partial charge in [-0.05, 0) is 24.3 Å². The molecule has 2 aromatic heterocycles. The van der Waals surface area contributed by atoms with Crippen molar-refractivity contribution in [3.8, 4) is 16.3 Å². The Balaban J connectivity index is 1.66. The van der Waals surface area contributed by atoms with Crippen molar-refractivity contribution in [3.63, 3.8) is 0 Å². The van der Waals surface area contributed by atoms with E-state index < -0.39 is 0 Å². The summed E-state index contributed by atoms with van der Waals surface area (Å²) >= 11 is 1.60. The van der Waals surface area contributed by atoms with Crippen LogP contribution in [0.4, 0.5) is 5.82 Å². The Morgan fingerprint density at radius 3 is 2.65 bits per heavy atom. The molecule has 26 heavy (non-hydrogen) atoms. The maximum atomic E-state index is 11.9. The van der Waals surface area contributed by atoms with E-state index in [1.807, 2.05) is 30.5 Å². The molecule has 1 aromatic carbocycles. The summed E-state index contributed by atoms with van der Waals surface area (Å²) in [6, 6.07) is 11.4. The molecular formula is C19H20N4O2S. The van der Waals surface area contributed by atoms with Gasteiger partial charge in [0, 0.05) is 31.4 Å². The van der Waals surface area contributed by atoms with Gasteiger partial charge < -0.3 is 15.0 Å². The van der Waals surface area contributed by atoms with Crippen LogP contribution >= 0.6 is 11.3 Å². The third kappa shape index (κ3) is 4.00. The minimum atomic E-state index is -0.0621. The van der Waals surface area contributed by atoms with Gasteiger partial charge in [-0.15, -0.1) is 11.3 Å². The molecule has 0 aliphatic heterocycles. The van der Waals surface area contributed by atoms with E-state index >= 15 is 0 Å². The Morgan fingerprint density at radius 1 is 1.15 bits per heavy atom. The zero-order valence-electron chi connectivity index (χ0n) is 14.9. The van der Waals surface area contributed by atoms with Crippen LogP contribution in [0.5, 0.6) is 5.75 Å². The molecule has 0 spiro atoms. The second-order valence-corrected chi connectivity index (χ2v) is 6.93. The molecule has 6 nitrogen and oxygen atoms in total. The van der Waals surface area contributed by atoms with Crippen molar-refractivity contribution in [2.45, 2.75) is 6.54 Å². The quantitative estimate of drug-likeness (QED) is 0.721. The molecule has 1 amide bonds. The molecule has 0 saturated heterocycles. The van der Waals surface area contributed by atoms with Gasteiger partial charge >= 0.3 is 0 Å². The molecule has 0 radical (unpaired) electrons. The number of pyridine rings is 1. The van der Waals surface area contributed by atoms with Gasteiger partial charge in [-0.1, -0.05) is 12.1 Å². The molecule has 1 N–H and O–H groups in total. The highest BCUT2D eigenvalue weighted by Gasteiger charge is 2.10. The Morgan fingerprint density at radius 2 is 1.96 bits per heavy atom. The Hall–Kier alpha value is -2.93. The Bertz CT molecular complexity index is 891. The van der Waals surface area contributed by atoms with Gasteiger partial charge in [0.2, 0.25) is 0 Å². The zero-order chi connectivity index (χ0) is 18.5. The number of anilines is 1. The van der Waals surface area contributed by atoms with Crippen LogP contribution in [0.2, 0.25) is 0 Å². The molecule has 0 unspecified atom stereocenters. The molecule has 0 aliphatic rings. The molecule has 3 aromatic rings. The summed E-state index contributed by atoms with van der Waals surface area (Å²) in [6.45, 7) is 0.612. The lowest BCUT2D eigenvalue weighted by Crippen LogP contribution is -2.21. The molecule has 7 heteroatoms. The Labute approximate surface area is 156 Å². The maximum absolute atomic E-state index is 11.9. The molecule has 0 aliphatic carbocycles. The van der Waals surface area contributed by atoms with E-state index in [0.717, 1.165) is 21.2 Å². The first-order valence-corrected chi connectivity index (χ1v) is 8.90. The van der Waals surface area contributed by atoms with Crippen molar-refractivity contribution in [1.29, 1.82) is 0 Å². The third-order valence-corrected chi connectivity index (χ3v) is 4.78. The van der Waals surface area contributed by atoms with Crippen LogP contribution in [0.3, 0.4) is 0 Å². The number of amides is 1. The fourth-order valence-corrected chi connectivity index (χ4v) is 3.28. The molecule has 0 atom stereocenters. The summed E-state index contributed by atoms with van der Waals surface area (Å²) in [4.78, 5) is 23.3. The number of carbonyl (C=O) groups is 1. The van der Waals surface area contributed by atoms with Crippen molar-refractivity contribution in [3.05, 3.63) is 59.2 Å². The number of benzene rings is 1. The van der Waals surface area contributed by atoms with E-state index in [9.17, 15) is 4.79 Å². The number of nitrogens with one attached hydrogen (secondary N) is 1. The lowest BCUT2D eigenvalue weighted by Gasteiger charge is -2.10. The number of carbonyl (C=O) groups excluding carboxylic acids is 1. The minimum Gasteiger partial charge on any atom is -0.496 e. The first-order chi connectivity index (χ1) is 12.6. The van der Waals surface area contributed by atoms with Gasteiger partial charge in [0.15, 0.2) is 0 Å². The highest BCUT2D eigenvalue weighted by Crippen LogP contribution is 2.32. The third-order valence-electron chi connectivity index (χ3n) is 3.75. The van der Waals surface area contributed by atoms with Gasteiger partial charge in [-0.25, -0.2) is 9.97 Å². The molecular weight excluding hydrogens is 348 g/mol. The number of aromatic nitrogens is 2. The lowest BCUT2D eigenvalue weighted by atomic mass is 10.2. The normalized spacial score (nSPS) is 10.4. The largest absolute Gasteiger partial charge is 0.496 e. The van der Waals surface area contributed by atoms with Crippen LogP contribution in [0.15, 0.2) is 48.8 Å². The second-order valence-electron chi connectivity index (χ2n) is 5.82. The highest BCUT2D eigenvalue weighted by atomic mass is 32.1. The summed E-state index contributed by atoms with van der Waals surface area (Å²) in [6.07, 6.45) is 3.43. The molecule has 0 fully saturated rings. The van der Waals surface area contributed by atoms with E-state index in [-0.39, 0.29) is 5.91 Å². The number of methoxy groups -OCH3 is 1. The van der Waals surface area contributed by atoms with Crippen LogP contribution in [0.1, 0.15) is 15.2 Å². The highest BCUT2D eigenvalue weighted by molar-refractivity contribution is 7.15. The van der Waals surface area contributed by atoms with Crippen LogP contribution < -0.4 is 10.1 Å². The van der Waals surface area contributed by atoms with Crippen molar-refractivity contribution in [2.75, 3.05) is 26.5 Å². The maximum Gasteiger partial charge on any atom is 0.254 e. The number of nitrogens with zero attached hydrogens (tertiary/aromatic N) is 3. The Kier molecular flexibility index (Phi) is 5.48. The fraction of sp³-hybridized carbons (Fsp3) is 0.211. The standard InChI is InChI=1S/C19H20N4O2S/c1-23(2)19(24)13-8-9-17(20-10-13)21-11-14-12-22-18(26-14)15-6-4-5-7-16(15)25-3/h4-10,12H,11H2,1-3H3,(H,20,21). The monoisotopic (exact) mass is 368 g/mol. The number of para-hydroxylation sites is 1. The molecule has 134 valence electrons. The molecule has 3 rings (SSSR count). The number of hydrogen-bond donors (Lipinski definition) is 1. The first-order valence-electron chi connectivity index (χ1n) is 8.08. The molecule has 0 bridgehead atoms. The van der Waals surface area contributed by atoms with Crippen LogP contribution in [0, 0.1) is 0 Å². The summed E-state index contributed by atoms with van der Waals surface area (Å²) in [5.74, 6) is 1.46. The van der Waals surface area contributed by atoms with Gasteiger partial charge in [0.1, 0.15) is 16.6 Å². The predicted molar refractivity (Wildman–Crippen MR) is 104 cm³/mol. The van der Waals surface area contributed by atoms with E-state index in [1.165, 1.54) is 4.90 Å². The van der Waals surface area contributed by atoms with Gasteiger partial charge in [0.05, 0.1) is 24.8 Å². The summed E-state index contributed by atoms with van der Waals surface area (Å²) in [5.41, 5.74) is 1.55. The fourth-order valence-electron chi connectivity index (χ4n) is 2.40. The smallest absolute Gasteiger partial charge is 0.254 e. The van der Waals surface area contributed by atoms with E-state index in [4.69, 9.17) is 4.74 Å². The average Bonchev–Trinajstić information content (AvgIpc) is 3.15. The number of rotatable bonds is 6. The summed E-state index contributed by atoms with van der Waals surface area (Å²) < 4.78 is 5.40.